The Hall–Kier alpha value is -0.920. The number of unbranched alkanes of at least 4 members (excludes halogenated alkanes) is 20. The second-order valence-corrected chi connectivity index (χ2v) is 13.4. The third-order valence-electron chi connectivity index (χ3n) is 7.64. The summed E-state index contributed by atoms with van der Waals surface area (Å²) in [5.41, 5.74) is 3.54. The largest absolute Gasteiger partial charge is 0.756 e. The minimum absolute atomic E-state index is 0.0643. The molecule has 0 amide bonds. The highest BCUT2D eigenvalue weighted by molar-refractivity contribution is 7.45. The van der Waals surface area contributed by atoms with Gasteiger partial charge in [-0.15, -0.1) is 0 Å². The van der Waals surface area contributed by atoms with Crippen LogP contribution in [0.4, 0.5) is 0 Å². The molecule has 0 heterocycles. The molecule has 0 aromatic heterocycles. The van der Waals surface area contributed by atoms with Gasteiger partial charge in [-0.2, -0.15) is 0 Å². The number of esters is 1. The molecule has 0 radical (unpaired) electrons. The number of ether oxygens (including phenoxy) is 2. The number of hydrogen-bond donors (Lipinski definition) is 1. The summed E-state index contributed by atoms with van der Waals surface area (Å²) in [7, 11) is -4.57. The summed E-state index contributed by atoms with van der Waals surface area (Å²) in [5.74, 6) is -0.478. The lowest BCUT2D eigenvalue weighted by atomic mass is 10.0. The molecule has 0 spiro atoms. The summed E-state index contributed by atoms with van der Waals surface area (Å²) in [6, 6.07) is 0. The average molecular weight is 685 g/mol. The molecule has 9 heteroatoms. The SMILES string of the molecule is [2H]C([2H])([2H])C([2H])([2H])C([2H])([2H])C([2H])([2H])CCCCCCCCCCCC(=O)O[C@H](CO/C=C/CCCCCCCCCCCCCC)COP(=O)([O-])OCC[NH3+]. The Balaban J connectivity index is 4.34. The molecule has 0 aliphatic heterocycles. The Morgan fingerprint density at radius 1 is 0.783 bits per heavy atom. The van der Waals surface area contributed by atoms with E-state index in [1.54, 1.807) is 6.26 Å². The Morgan fingerprint density at radius 2 is 1.33 bits per heavy atom. The number of rotatable bonds is 37. The van der Waals surface area contributed by atoms with E-state index in [2.05, 4.69) is 12.7 Å². The predicted molar refractivity (Wildman–Crippen MR) is 188 cm³/mol. The van der Waals surface area contributed by atoms with E-state index in [1.165, 1.54) is 64.2 Å². The fourth-order valence-electron chi connectivity index (χ4n) is 4.98. The van der Waals surface area contributed by atoms with Crippen molar-refractivity contribution >= 4 is 13.8 Å². The van der Waals surface area contributed by atoms with Crippen molar-refractivity contribution in [3.8, 4) is 0 Å². The van der Waals surface area contributed by atoms with Gasteiger partial charge in [0.2, 0.25) is 0 Å². The molecule has 0 aliphatic carbocycles. The van der Waals surface area contributed by atoms with Crippen LogP contribution in [0.1, 0.15) is 199 Å². The maximum Gasteiger partial charge on any atom is 0.306 e. The summed E-state index contributed by atoms with van der Waals surface area (Å²) < 4.78 is 102. The fraction of sp³-hybridized carbons (Fsp3) is 0.919. The first kappa shape index (κ1) is 31.1. The molecule has 46 heavy (non-hydrogen) atoms. The van der Waals surface area contributed by atoms with E-state index >= 15 is 0 Å². The molecule has 0 aliphatic rings. The summed E-state index contributed by atoms with van der Waals surface area (Å²) in [5, 5.41) is 0. The zero-order chi connectivity index (χ0) is 41.7. The lowest BCUT2D eigenvalue weighted by Crippen LogP contribution is -2.52. The highest BCUT2D eigenvalue weighted by Gasteiger charge is 2.19. The summed E-state index contributed by atoms with van der Waals surface area (Å²) in [6.07, 6.45) is 16.3. The second-order valence-electron chi connectivity index (χ2n) is 12.0. The van der Waals surface area contributed by atoms with E-state index in [0.29, 0.717) is 19.3 Å². The first-order chi connectivity index (χ1) is 25.8. The van der Waals surface area contributed by atoms with Crippen molar-refractivity contribution in [3.63, 3.8) is 0 Å². The van der Waals surface area contributed by atoms with Crippen molar-refractivity contribution in [2.75, 3.05) is 26.4 Å². The standard InChI is InChI=1S/C37H74NO7P/c1-3-5-7-9-11-13-15-17-19-21-23-25-27-29-32-42-34-36(35-44-46(40,41)43-33-31-38)45-37(39)30-28-26-24-22-20-18-16-14-12-10-8-6-4-2/h29,32,36H,3-28,30-31,33-35,38H2,1-2H3,(H,40,41)/b32-29+/t36-/m1/s1/i2D3,4D2,6D2,8D2. The summed E-state index contributed by atoms with van der Waals surface area (Å²) >= 11 is 0. The molecule has 0 saturated heterocycles. The smallest absolute Gasteiger partial charge is 0.306 e. The van der Waals surface area contributed by atoms with E-state index in [-0.39, 0.29) is 32.6 Å². The van der Waals surface area contributed by atoms with Crippen LogP contribution < -0.4 is 10.6 Å². The monoisotopic (exact) mass is 685 g/mol. The van der Waals surface area contributed by atoms with Crippen LogP contribution in [0.5, 0.6) is 0 Å². The normalized spacial score (nSPS) is 17.8. The minimum Gasteiger partial charge on any atom is -0.756 e. The van der Waals surface area contributed by atoms with Gasteiger partial charge in [-0.3, -0.25) is 9.36 Å². The maximum absolute atomic E-state index is 12.6. The average Bonchev–Trinajstić information content (AvgIpc) is 3.11. The number of carbonyl (C=O) groups excluding carboxylic acids is 1. The predicted octanol–water partition coefficient (Wildman–Crippen LogP) is 9.74. The van der Waals surface area contributed by atoms with Crippen molar-refractivity contribution in [2.24, 2.45) is 0 Å². The molecule has 274 valence electrons. The molecule has 0 fully saturated rings. The lowest BCUT2D eigenvalue weighted by Gasteiger charge is -2.25. The molecule has 0 rings (SSSR count). The molecule has 8 nitrogen and oxygen atoms in total. The van der Waals surface area contributed by atoms with Crippen LogP contribution in [0.3, 0.4) is 0 Å². The lowest BCUT2D eigenvalue weighted by molar-refractivity contribution is -0.373. The van der Waals surface area contributed by atoms with Crippen LogP contribution in [-0.2, 0) is 27.9 Å². The highest BCUT2D eigenvalue weighted by atomic mass is 31.2. The van der Waals surface area contributed by atoms with Gasteiger partial charge >= 0.3 is 5.97 Å². The first-order valence-electron chi connectivity index (χ1n) is 22.7. The first-order valence-corrected chi connectivity index (χ1v) is 19.7. The zero-order valence-electron chi connectivity index (χ0n) is 38.0. The molecule has 0 aromatic rings. The van der Waals surface area contributed by atoms with Crippen molar-refractivity contribution in [2.45, 2.75) is 193 Å². The van der Waals surface area contributed by atoms with Gasteiger partial charge in [-0.05, 0) is 25.3 Å². The number of allylic oxidation sites excluding steroid dienone is 1. The van der Waals surface area contributed by atoms with Gasteiger partial charge in [-0.25, -0.2) is 0 Å². The molecule has 0 bridgehead atoms. The molecular formula is C37H74NO7P. The van der Waals surface area contributed by atoms with E-state index in [1.807, 2.05) is 6.08 Å². The Morgan fingerprint density at radius 3 is 1.89 bits per heavy atom. The minimum atomic E-state index is -4.57. The van der Waals surface area contributed by atoms with Crippen LogP contribution >= 0.6 is 7.82 Å². The molecule has 3 N–H and O–H groups in total. The third kappa shape index (κ3) is 34.4. The van der Waals surface area contributed by atoms with E-state index < -0.39 is 52.5 Å². The fourth-order valence-corrected chi connectivity index (χ4v) is 5.75. The molecule has 1 unspecified atom stereocenters. The number of phosphoric ester groups is 1. The Bertz CT molecular complexity index is 1050. The Kier molecular flexibility index (Phi) is 23.9. The van der Waals surface area contributed by atoms with Gasteiger partial charge in [0, 0.05) is 18.8 Å². The molecule has 0 aromatic carbocycles. The van der Waals surface area contributed by atoms with Gasteiger partial charge in [0.1, 0.15) is 13.2 Å². The van der Waals surface area contributed by atoms with Gasteiger partial charge in [0.15, 0.2) is 6.10 Å². The topological polar surface area (TPSA) is 122 Å². The van der Waals surface area contributed by atoms with Crippen LogP contribution in [-0.4, -0.2) is 38.4 Å². The molecule has 2 atom stereocenters. The van der Waals surface area contributed by atoms with Crippen LogP contribution in [0.15, 0.2) is 12.3 Å². The van der Waals surface area contributed by atoms with E-state index in [4.69, 9.17) is 30.9 Å². The third-order valence-corrected chi connectivity index (χ3v) is 8.61. The van der Waals surface area contributed by atoms with Gasteiger partial charge < -0.3 is 29.1 Å². The Labute approximate surface area is 296 Å². The number of quaternary nitrogens is 1. The summed E-state index contributed by atoms with van der Waals surface area (Å²) in [4.78, 5) is 24.6. The molecular weight excluding hydrogens is 601 g/mol. The maximum atomic E-state index is 12.6. The van der Waals surface area contributed by atoms with Crippen molar-refractivity contribution < 1.29 is 50.8 Å². The van der Waals surface area contributed by atoms with Gasteiger partial charge in [0.25, 0.3) is 7.82 Å². The number of carbonyl (C=O) groups is 1. The molecule has 0 saturated carbocycles. The van der Waals surface area contributed by atoms with Crippen molar-refractivity contribution in [1.29, 1.82) is 0 Å². The number of hydrogen-bond acceptors (Lipinski definition) is 7. The van der Waals surface area contributed by atoms with Gasteiger partial charge in [-0.1, -0.05) is 161 Å². The zero-order valence-corrected chi connectivity index (χ0v) is 29.9. The second kappa shape index (κ2) is 35.4. The highest BCUT2D eigenvalue weighted by Crippen LogP contribution is 2.38. The van der Waals surface area contributed by atoms with Gasteiger partial charge in [0.05, 0.1) is 19.4 Å². The van der Waals surface area contributed by atoms with Crippen LogP contribution in [0, 0.1) is 0 Å². The van der Waals surface area contributed by atoms with E-state index in [9.17, 15) is 14.3 Å². The van der Waals surface area contributed by atoms with Crippen molar-refractivity contribution in [3.05, 3.63) is 12.3 Å². The van der Waals surface area contributed by atoms with Crippen LogP contribution in [0.2, 0.25) is 0 Å². The van der Waals surface area contributed by atoms with E-state index in [0.717, 1.165) is 57.8 Å². The number of phosphoric acid groups is 1. The van der Waals surface area contributed by atoms with Crippen molar-refractivity contribution in [1.82, 2.24) is 0 Å². The quantitative estimate of drug-likeness (QED) is 0.0299. The van der Waals surface area contributed by atoms with Crippen LogP contribution in [0.25, 0.3) is 0 Å². The summed E-state index contributed by atoms with van der Waals surface area (Å²) in [6.45, 7) is -1.39.